The van der Waals surface area contributed by atoms with Crippen LogP contribution in [0.1, 0.15) is 49.4 Å². The van der Waals surface area contributed by atoms with Crippen LogP contribution in [-0.4, -0.2) is 61.4 Å². The maximum Gasteiger partial charge on any atom is 0.245 e. The number of hydrogen-bond acceptors (Lipinski definition) is 5. The summed E-state index contributed by atoms with van der Waals surface area (Å²) in [5, 5.41) is 11.1. The van der Waals surface area contributed by atoms with Gasteiger partial charge >= 0.3 is 0 Å². The van der Waals surface area contributed by atoms with Gasteiger partial charge in [-0.05, 0) is 50.2 Å². The maximum atomic E-state index is 12.0. The molecule has 1 spiro atoms. The van der Waals surface area contributed by atoms with Crippen molar-refractivity contribution in [2.75, 3.05) is 19.6 Å². The average Bonchev–Trinajstić information content (AvgIpc) is 3.56. The Morgan fingerprint density at radius 2 is 2.08 bits per heavy atom. The average molecular weight is 534 g/mol. The molecular weight excluding hydrogens is 498 g/mol. The first-order chi connectivity index (χ1) is 18.3. The molecule has 7 rings (SSSR count). The van der Waals surface area contributed by atoms with E-state index in [0.29, 0.717) is 23.9 Å². The number of halogens is 1. The molecule has 2 saturated carbocycles. The van der Waals surface area contributed by atoms with Crippen LogP contribution in [0, 0.1) is 24.2 Å². The van der Waals surface area contributed by atoms with Gasteiger partial charge in [-0.2, -0.15) is 10.2 Å². The predicted molar refractivity (Wildman–Crippen MR) is 149 cm³/mol. The summed E-state index contributed by atoms with van der Waals surface area (Å²) in [5.41, 5.74) is 13.0. The van der Waals surface area contributed by atoms with Gasteiger partial charge in [-0.3, -0.25) is 25.0 Å². The summed E-state index contributed by atoms with van der Waals surface area (Å²) >= 11 is 7.31. The number of rotatable bonds is 4. The van der Waals surface area contributed by atoms with Crippen LogP contribution in [0.25, 0.3) is 22.2 Å². The second-order valence-corrected chi connectivity index (χ2v) is 12.7. The van der Waals surface area contributed by atoms with Crippen LogP contribution in [0.5, 0.6) is 0 Å². The van der Waals surface area contributed by atoms with Crippen LogP contribution in [0.3, 0.4) is 0 Å². The van der Waals surface area contributed by atoms with Gasteiger partial charge in [-0.25, -0.2) is 0 Å². The molecule has 2 aromatic heterocycles. The molecule has 8 nitrogen and oxygen atoms in total. The van der Waals surface area contributed by atoms with Crippen molar-refractivity contribution in [3.05, 3.63) is 48.3 Å². The predicted octanol–water partition coefficient (Wildman–Crippen LogP) is 3.92. The van der Waals surface area contributed by atoms with Crippen molar-refractivity contribution < 1.29 is 4.79 Å². The van der Waals surface area contributed by atoms with E-state index in [1.165, 1.54) is 17.3 Å². The summed E-state index contributed by atoms with van der Waals surface area (Å²) in [6.07, 6.45) is 6.56. The second-order valence-electron chi connectivity index (χ2n) is 12.2. The molecule has 2 N–H and O–H groups in total. The van der Waals surface area contributed by atoms with E-state index >= 15 is 0 Å². The Hall–Kier alpha value is -2.68. The third-order valence-electron chi connectivity index (χ3n) is 9.91. The molecule has 4 fully saturated rings. The number of benzene rings is 1. The van der Waals surface area contributed by atoms with Crippen molar-refractivity contribution in [2.24, 2.45) is 24.3 Å². The molecule has 5 atom stereocenters. The lowest BCUT2D eigenvalue weighted by Crippen LogP contribution is -2.63. The van der Waals surface area contributed by atoms with E-state index in [-0.39, 0.29) is 22.6 Å². The number of carbonyl (C=O) groups excluding carboxylic acids is 1. The Bertz CT molecular complexity index is 1430. The fourth-order valence-electron chi connectivity index (χ4n) is 7.95. The van der Waals surface area contributed by atoms with Crippen LogP contribution < -0.4 is 10.9 Å². The number of alkyl halides is 1. The highest BCUT2D eigenvalue weighted by Gasteiger charge is 2.55. The Balaban J connectivity index is 1.31. The molecule has 38 heavy (non-hydrogen) atoms. The fourth-order valence-corrected chi connectivity index (χ4v) is 8.37. The molecule has 1 amide bonds. The van der Waals surface area contributed by atoms with E-state index in [0.717, 1.165) is 61.1 Å². The summed E-state index contributed by atoms with van der Waals surface area (Å²) in [5.74, 6) is 1.04. The smallest absolute Gasteiger partial charge is 0.245 e. The van der Waals surface area contributed by atoms with Gasteiger partial charge in [0.15, 0.2) is 0 Å². The highest BCUT2D eigenvalue weighted by molar-refractivity contribution is 6.21. The number of hydrogen-bond donors (Lipinski definition) is 2. The second kappa shape index (κ2) is 8.66. The standard InChI is InChI=1S/C29H36ClN7O/c1-5-24(38)36-14-29(15-36)10-18(11-29)37-17(3)25(26-21-12-31-33-22(21)9-16(2)27(26)30)28(34-37)19-7-6-8-23-20(19)13-32-35(23)4/h5-8,13,16,18,21-22,26-27,31,33H,1,9-12,14-15H2,2-4H3. The first-order valence-electron chi connectivity index (χ1n) is 13.8. The number of fused-ring (bicyclic) bond motifs is 2. The topological polar surface area (TPSA) is 80.0 Å². The number of aryl methyl sites for hydroxylation is 1. The zero-order valence-electron chi connectivity index (χ0n) is 22.3. The summed E-state index contributed by atoms with van der Waals surface area (Å²) < 4.78 is 4.22. The summed E-state index contributed by atoms with van der Waals surface area (Å²) in [7, 11) is 1.99. The van der Waals surface area contributed by atoms with E-state index in [4.69, 9.17) is 16.7 Å². The summed E-state index contributed by atoms with van der Waals surface area (Å²) in [6, 6.07) is 7.15. The fraction of sp³-hybridized carbons (Fsp3) is 0.552. The minimum atomic E-state index is 0.0383. The van der Waals surface area contributed by atoms with E-state index in [9.17, 15) is 4.79 Å². The van der Waals surface area contributed by atoms with Crippen molar-refractivity contribution in [2.45, 2.75) is 56.5 Å². The molecule has 5 unspecified atom stereocenters. The lowest BCUT2D eigenvalue weighted by molar-refractivity contribution is -0.149. The minimum Gasteiger partial charge on any atom is -0.338 e. The third kappa shape index (κ3) is 3.46. The van der Waals surface area contributed by atoms with Crippen molar-refractivity contribution in [1.82, 2.24) is 35.3 Å². The first-order valence-corrected chi connectivity index (χ1v) is 14.3. The first kappa shape index (κ1) is 24.4. The molecule has 4 heterocycles. The largest absolute Gasteiger partial charge is 0.338 e. The van der Waals surface area contributed by atoms with Gasteiger partial charge in [0.2, 0.25) is 5.91 Å². The van der Waals surface area contributed by atoms with Gasteiger partial charge in [0.05, 0.1) is 23.4 Å². The molecule has 2 saturated heterocycles. The van der Waals surface area contributed by atoms with Gasteiger partial charge in [0.1, 0.15) is 0 Å². The number of likely N-dealkylation sites (tertiary alicyclic amines) is 1. The van der Waals surface area contributed by atoms with E-state index in [1.807, 2.05) is 22.8 Å². The quantitative estimate of drug-likeness (QED) is 0.392. The molecule has 3 aromatic rings. The number of nitrogens with one attached hydrogen (secondary N) is 2. The van der Waals surface area contributed by atoms with E-state index < -0.39 is 0 Å². The minimum absolute atomic E-state index is 0.0383. The zero-order valence-corrected chi connectivity index (χ0v) is 23.1. The molecule has 200 valence electrons. The van der Waals surface area contributed by atoms with Crippen LogP contribution in [0.2, 0.25) is 0 Å². The number of aromatic nitrogens is 4. The molecule has 2 aliphatic heterocycles. The number of hydrazine groups is 1. The Morgan fingerprint density at radius 1 is 1.29 bits per heavy atom. The van der Waals surface area contributed by atoms with E-state index in [1.54, 1.807) is 0 Å². The third-order valence-corrected chi connectivity index (χ3v) is 10.6. The Morgan fingerprint density at radius 3 is 2.84 bits per heavy atom. The lowest BCUT2D eigenvalue weighted by Gasteiger charge is -2.58. The number of carbonyl (C=O) groups is 1. The van der Waals surface area contributed by atoms with Gasteiger partial charge < -0.3 is 4.90 Å². The molecular formula is C29H36ClN7O. The van der Waals surface area contributed by atoms with Gasteiger partial charge in [0.25, 0.3) is 0 Å². The van der Waals surface area contributed by atoms with Crippen LogP contribution >= 0.6 is 11.6 Å². The Kier molecular flexibility index (Phi) is 5.55. The lowest BCUT2D eigenvalue weighted by atomic mass is 9.60. The maximum absolute atomic E-state index is 12.0. The zero-order chi connectivity index (χ0) is 26.3. The van der Waals surface area contributed by atoms with Gasteiger partial charge in [0, 0.05) is 71.6 Å². The number of amides is 1. The van der Waals surface area contributed by atoms with Crippen LogP contribution in [0.4, 0.5) is 0 Å². The van der Waals surface area contributed by atoms with Crippen LogP contribution in [-0.2, 0) is 11.8 Å². The normalized spacial score (nSPS) is 30.3. The SMILES string of the molecule is C=CC(=O)N1CC2(CC(n3nc(-c4cccc5c4cnn5C)c(C4C(Cl)C(C)CC5NNCC54)c3C)C2)C1. The molecule has 0 radical (unpaired) electrons. The molecule has 0 bridgehead atoms. The number of nitrogens with zero attached hydrogens (tertiary/aromatic N) is 5. The van der Waals surface area contributed by atoms with Gasteiger partial charge in [-0.15, -0.1) is 11.6 Å². The molecule has 2 aliphatic carbocycles. The Labute approximate surface area is 228 Å². The van der Waals surface area contributed by atoms with Crippen LogP contribution in [0.15, 0.2) is 37.1 Å². The molecule has 1 aromatic carbocycles. The van der Waals surface area contributed by atoms with E-state index in [2.05, 4.69) is 59.3 Å². The van der Waals surface area contributed by atoms with Crippen molar-refractivity contribution in [3.8, 4) is 11.3 Å². The summed E-state index contributed by atoms with van der Waals surface area (Å²) in [6.45, 7) is 10.7. The monoisotopic (exact) mass is 533 g/mol. The molecule has 4 aliphatic rings. The summed E-state index contributed by atoms with van der Waals surface area (Å²) in [4.78, 5) is 13.9. The van der Waals surface area contributed by atoms with Crippen molar-refractivity contribution in [3.63, 3.8) is 0 Å². The molecule has 9 heteroatoms. The van der Waals surface area contributed by atoms with Crippen molar-refractivity contribution in [1.29, 1.82) is 0 Å². The highest BCUT2D eigenvalue weighted by atomic mass is 35.5. The van der Waals surface area contributed by atoms with Crippen molar-refractivity contribution >= 4 is 28.4 Å². The van der Waals surface area contributed by atoms with Gasteiger partial charge in [-0.1, -0.05) is 25.6 Å². The highest BCUT2D eigenvalue weighted by Crippen LogP contribution is 2.56.